The first-order valence-corrected chi connectivity index (χ1v) is 9.04. The molecule has 136 valence electrons. The minimum Gasteiger partial charge on any atom is -0.349 e. The predicted octanol–water partition coefficient (Wildman–Crippen LogP) is 4.42. The molecule has 2 aromatic rings. The van der Waals surface area contributed by atoms with Gasteiger partial charge in [-0.25, -0.2) is 4.79 Å². The number of amides is 3. The summed E-state index contributed by atoms with van der Waals surface area (Å²) < 4.78 is 0. The van der Waals surface area contributed by atoms with Gasteiger partial charge in [0.15, 0.2) is 0 Å². The summed E-state index contributed by atoms with van der Waals surface area (Å²) in [7, 11) is 0. The number of halogens is 1. The van der Waals surface area contributed by atoms with Crippen LogP contribution in [-0.4, -0.2) is 18.0 Å². The smallest absolute Gasteiger partial charge is 0.319 e. The van der Waals surface area contributed by atoms with E-state index in [1.165, 1.54) is 0 Å². The fourth-order valence-corrected chi connectivity index (χ4v) is 2.71. The number of hydrogen-bond acceptors (Lipinski definition) is 2. The molecule has 1 aliphatic rings. The van der Waals surface area contributed by atoms with Crippen molar-refractivity contribution in [1.82, 2.24) is 10.6 Å². The van der Waals surface area contributed by atoms with Gasteiger partial charge in [-0.2, -0.15) is 0 Å². The lowest BCUT2D eigenvalue weighted by Gasteiger charge is -2.16. The number of carbonyl (C=O) groups excluding carboxylic acids is 2. The van der Waals surface area contributed by atoms with Gasteiger partial charge in [0.2, 0.25) is 0 Å². The Labute approximate surface area is 158 Å². The maximum Gasteiger partial charge on any atom is 0.319 e. The van der Waals surface area contributed by atoms with E-state index in [9.17, 15) is 9.59 Å². The predicted molar refractivity (Wildman–Crippen MR) is 104 cm³/mol. The van der Waals surface area contributed by atoms with Gasteiger partial charge >= 0.3 is 6.03 Å². The molecule has 1 unspecified atom stereocenters. The number of urea groups is 1. The molecule has 5 nitrogen and oxygen atoms in total. The molecule has 1 aliphatic carbocycles. The van der Waals surface area contributed by atoms with Crippen LogP contribution in [0.25, 0.3) is 0 Å². The molecule has 0 saturated heterocycles. The van der Waals surface area contributed by atoms with Crippen LogP contribution >= 0.6 is 11.6 Å². The van der Waals surface area contributed by atoms with E-state index in [0.717, 1.165) is 24.0 Å². The van der Waals surface area contributed by atoms with Crippen LogP contribution < -0.4 is 16.0 Å². The van der Waals surface area contributed by atoms with Crippen LogP contribution in [0.5, 0.6) is 0 Å². The summed E-state index contributed by atoms with van der Waals surface area (Å²) in [5, 5.41) is 9.32. The van der Waals surface area contributed by atoms with Crippen LogP contribution in [0, 0.1) is 6.92 Å². The molecule has 1 atom stereocenters. The molecule has 1 saturated carbocycles. The third-order valence-corrected chi connectivity index (χ3v) is 4.63. The van der Waals surface area contributed by atoms with Gasteiger partial charge in [0.05, 0.1) is 6.04 Å². The van der Waals surface area contributed by atoms with Crippen LogP contribution in [0.3, 0.4) is 0 Å². The summed E-state index contributed by atoms with van der Waals surface area (Å²) in [6.45, 7) is 3.79. The Morgan fingerprint density at radius 2 is 1.81 bits per heavy atom. The minimum atomic E-state index is -0.324. The van der Waals surface area contributed by atoms with Crippen molar-refractivity contribution in [3.63, 3.8) is 0 Å². The zero-order valence-electron chi connectivity index (χ0n) is 14.8. The highest BCUT2D eigenvalue weighted by molar-refractivity contribution is 6.30. The zero-order chi connectivity index (χ0) is 18.7. The van der Waals surface area contributed by atoms with Gasteiger partial charge in [-0.05, 0) is 62.1 Å². The number of benzene rings is 2. The van der Waals surface area contributed by atoms with Crippen molar-refractivity contribution in [1.29, 1.82) is 0 Å². The van der Waals surface area contributed by atoms with E-state index in [2.05, 4.69) is 16.0 Å². The Bertz CT molecular complexity index is 816. The van der Waals surface area contributed by atoms with Crippen molar-refractivity contribution in [3.8, 4) is 0 Å². The first-order chi connectivity index (χ1) is 12.4. The maximum atomic E-state index is 12.3. The maximum absolute atomic E-state index is 12.3. The number of carbonyl (C=O) groups is 2. The topological polar surface area (TPSA) is 70.2 Å². The molecule has 0 radical (unpaired) electrons. The molecule has 0 aromatic heterocycles. The van der Waals surface area contributed by atoms with Crippen molar-refractivity contribution in [2.75, 3.05) is 5.32 Å². The second-order valence-corrected chi connectivity index (χ2v) is 7.09. The number of nitrogens with one attached hydrogen (secondary N) is 3. The molecule has 0 spiro atoms. The van der Waals surface area contributed by atoms with Crippen LogP contribution in [0.1, 0.15) is 47.3 Å². The fourth-order valence-electron chi connectivity index (χ4n) is 2.58. The van der Waals surface area contributed by atoms with E-state index >= 15 is 0 Å². The molecule has 3 N–H and O–H groups in total. The third kappa shape index (κ3) is 4.76. The molecular weight excluding hydrogens is 350 g/mol. The van der Waals surface area contributed by atoms with E-state index in [1.807, 2.05) is 32.0 Å². The number of anilines is 1. The van der Waals surface area contributed by atoms with Gasteiger partial charge in [0.1, 0.15) is 0 Å². The van der Waals surface area contributed by atoms with Crippen molar-refractivity contribution >= 4 is 29.2 Å². The van der Waals surface area contributed by atoms with E-state index in [1.54, 1.807) is 24.3 Å². The molecule has 3 amide bonds. The second-order valence-electron chi connectivity index (χ2n) is 6.65. The molecule has 0 aliphatic heterocycles. The van der Waals surface area contributed by atoms with Gasteiger partial charge < -0.3 is 16.0 Å². The summed E-state index contributed by atoms with van der Waals surface area (Å²) in [4.78, 5) is 24.5. The lowest BCUT2D eigenvalue weighted by molar-refractivity contribution is 0.0951. The van der Waals surface area contributed by atoms with Crippen LogP contribution in [0.4, 0.5) is 10.5 Å². The molecule has 0 bridgehead atoms. The van der Waals surface area contributed by atoms with Gasteiger partial charge in [0, 0.05) is 22.3 Å². The SMILES string of the molecule is Cc1ccc(C(=O)NC2CC2)cc1NC(=O)NC(C)c1ccc(Cl)cc1. The normalized spacial score (nSPS) is 14.4. The highest BCUT2D eigenvalue weighted by Crippen LogP contribution is 2.22. The summed E-state index contributed by atoms with van der Waals surface area (Å²) in [5.74, 6) is -0.106. The van der Waals surface area contributed by atoms with Crippen molar-refractivity contribution in [2.24, 2.45) is 0 Å². The zero-order valence-corrected chi connectivity index (χ0v) is 15.6. The lowest BCUT2D eigenvalue weighted by atomic mass is 10.1. The third-order valence-electron chi connectivity index (χ3n) is 4.38. The van der Waals surface area contributed by atoms with E-state index in [-0.39, 0.29) is 18.0 Å². The molecule has 3 rings (SSSR count). The van der Waals surface area contributed by atoms with Crippen LogP contribution in [0.15, 0.2) is 42.5 Å². The summed E-state index contributed by atoms with van der Waals surface area (Å²) in [6, 6.07) is 12.4. The monoisotopic (exact) mass is 371 g/mol. The fraction of sp³-hybridized carbons (Fsp3) is 0.300. The largest absolute Gasteiger partial charge is 0.349 e. The summed E-state index contributed by atoms with van der Waals surface area (Å²) in [5.41, 5.74) is 3.01. The summed E-state index contributed by atoms with van der Waals surface area (Å²) >= 11 is 5.89. The van der Waals surface area contributed by atoms with Crippen molar-refractivity contribution in [3.05, 3.63) is 64.2 Å². The quantitative estimate of drug-likeness (QED) is 0.727. The molecule has 0 heterocycles. The van der Waals surface area contributed by atoms with Crippen LogP contribution in [-0.2, 0) is 0 Å². The molecule has 26 heavy (non-hydrogen) atoms. The van der Waals surface area contributed by atoms with E-state index in [4.69, 9.17) is 11.6 Å². The molecular formula is C20H22ClN3O2. The van der Waals surface area contributed by atoms with E-state index < -0.39 is 0 Å². The van der Waals surface area contributed by atoms with Gasteiger partial charge in [-0.1, -0.05) is 29.8 Å². The van der Waals surface area contributed by atoms with Gasteiger partial charge in [-0.15, -0.1) is 0 Å². The average Bonchev–Trinajstić information content (AvgIpc) is 3.41. The number of aryl methyl sites for hydroxylation is 1. The Kier molecular flexibility index (Phi) is 5.47. The Hall–Kier alpha value is -2.53. The molecule has 1 fully saturated rings. The van der Waals surface area contributed by atoms with Crippen LogP contribution in [0.2, 0.25) is 5.02 Å². The van der Waals surface area contributed by atoms with Gasteiger partial charge in [0.25, 0.3) is 5.91 Å². The molecule has 6 heteroatoms. The standard InChI is InChI=1S/C20H22ClN3O2/c1-12-3-4-15(19(25)23-17-9-10-17)11-18(12)24-20(26)22-13(2)14-5-7-16(21)8-6-14/h3-8,11,13,17H,9-10H2,1-2H3,(H,23,25)(H2,22,24,26). The van der Waals surface area contributed by atoms with E-state index in [0.29, 0.717) is 22.3 Å². The molecule has 2 aromatic carbocycles. The highest BCUT2D eigenvalue weighted by atomic mass is 35.5. The first kappa shape index (κ1) is 18.3. The first-order valence-electron chi connectivity index (χ1n) is 8.67. The number of rotatable bonds is 5. The number of hydrogen-bond donors (Lipinski definition) is 3. The summed E-state index contributed by atoms with van der Waals surface area (Å²) in [6.07, 6.45) is 2.07. The second kappa shape index (κ2) is 7.79. The van der Waals surface area contributed by atoms with Crippen molar-refractivity contribution in [2.45, 2.75) is 38.8 Å². The average molecular weight is 372 g/mol. The lowest BCUT2D eigenvalue weighted by Crippen LogP contribution is -2.31. The minimum absolute atomic E-state index is 0.106. The van der Waals surface area contributed by atoms with Gasteiger partial charge in [-0.3, -0.25) is 4.79 Å². The Morgan fingerprint density at radius 1 is 1.12 bits per heavy atom. The highest BCUT2D eigenvalue weighted by Gasteiger charge is 2.24. The Morgan fingerprint density at radius 3 is 2.46 bits per heavy atom. The van der Waals surface area contributed by atoms with Crippen molar-refractivity contribution < 1.29 is 9.59 Å². The Balaban J connectivity index is 1.64.